The van der Waals surface area contributed by atoms with Gasteiger partial charge in [-0.1, -0.05) is 17.7 Å². The van der Waals surface area contributed by atoms with E-state index in [0.29, 0.717) is 5.02 Å². The first-order valence-corrected chi connectivity index (χ1v) is 5.36. The maximum Gasteiger partial charge on any atom is 0.314 e. The fourth-order valence-corrected chi connectivity index (χ4v) is 2.24. The van der Waals surface area contributed by atoms with Gasteiger partial charge in [-0.3, -0.25) is 4.79 Å². The van der Waals surface area contributed by atoms with E-state index in [9.17, 15) is 9.90 Å². The molecule has 0 heterocycles. The largest absolute Gasteiger partial charge is 0.481 e. The molecule has 0 radical (unpaired) electrons. The number of carboxylic acids is 1. The number of aliphatic carboxylic acids is 1. The molecule has 15 heavy (non-hydrogen) atoms. The average molecular weight is 225 g/mol. The maximum atomic E-state index is 11.2. The minimum absolute atomic E-state index is 0.626. The van der Waals surface area contributed by atoms with Crippen LogP contribution < -0.4 is 0 Å². The normalized spacial score (nSPS) is 17.5. The van der Waals surface area contributed by atoms with Gasteiger partial charge in [-0.15, -0.1) is 0 Å². The van der Waals surface area contributed by atoms with E-state index in [0.717, 1.165) is 29.5 Å². The summed E-state index contributed by atoms with van der Waals surface area (Å²) < 4.78 is 0. The molecular formula is C12H13ClO2. The summed E-state index contributed by atoms with van der Waals surface area (Å²) in [5, 5.41) is 9.91. The number of carboxylic acid groups (broad SMARTS) is 1. The molecule has 1 saturated carbocycles. The van der Waals surface area contributed by atoms with Crippen LogP contribution in [0.4, 0.5) is 0 Å². The smallest absolute Gasteiger partial charge is 0.314 e. The number of halogens is 1. The molecule has 0 aromatic heterocycles. The molecule has 1 aliphatic carbocycles. The second kappa shape index (κ2) is 3.24. The Balaban J connectivity index is 2.54. The Morgan fingerprint density at radius 3 is 2.40 bits per heavy atom. The van der Waals surface area contributed by atoms with Gasteiger partial charge < -0.3 is 5.11 Å². The SMILES string of the molecule is Cc1cc(C2(C(=O)O)CC2)c(C)cc1Cl. The molecule has 2 rings (SSSR count). The van der Waals surface area contributed by atoms with Crippen molar-refractivity contribution < 1.29 is 9.90 Å². The summed E-state index contributed by atoms with van der Waals surface area (Å²) in [6.07, 6.45) is 1.48. The highest BCUT2D eigenvalue weighted by atomic mass is 35.5. The van der Waals surface area contributed by atoms with Crippen LogP contribution in [0.1, 0.15) is 29.5 Å². The second-order valence-electron chi connectivity index (χ2n) is 4.30. The molecule has 0 bridgehead atoms. The van der Waals surface area contributed by atoms with Crippen molar-refractivity contribution >= 4 is 17.6 Å². The van der Waals surface area contributed by atoms with Gasteiger partial charge in [0.25, 0.3) is 0 Å². The van der Waals surface area contributed by atoms with Crippen molar-refractivity contribution in [2.45, 2.75) is 32.1 Å². The van der Waals surface area contributed by atoms with E-state index in [-0.39, 0.29) is 0 Å². The summed E-state index contributed by atoms with van der Waals surface area (Å²) in [6.45, 7) is 3.83. The van der Waals surface area contributed by atoms with Crippen LogP contribution in [0.3, 0.4) is 0 Å². The lowest BCUT2D eigenvalue weighted by molar-refractivity contribution is -0.140. The Morgan fingerprint density at radius 2 is 1.93 bits per heavy atom. The van der Waals surface area contributed by atoms with Gasteiger partial charge in [0.1, 0.15) is 0 Å². The molecule has 1 aliphatic rings. The van der Waals surface area contributed by atoms with Crippen molar-refractivity contribution in [2.24, 2.45) is 0 Å². The summed E-state index contributed by atoms with van der Waals surface area (Å²) in [5.41, 5.74) is 2.23. The predicted molar refractivity (Wildman–Crippen MR) is 59.5 cm³/mol. The van der Waals surface area contributed by atoms with Crippen molar-refractivity contribution in [3.05, 3.63) is 33.8 Å². The summed E-state index contributed by atoms with van der Waals surface area (Å²) in [4.78, 5) is 11.2. The zero-order valence-corrected chi connectivity index (χ0v) is 9.56. The van der Waals surface area contributed by atoms with Crippen LogP contribution in [0.5, 0.6) is 0 Å². The number of carbonyl (C=O) groups is 1. The number of benzene rings is 1. The Labute approximate surface area is 93.9 Å². The van der Waals surface area contributed by atoms with Gasteiger partial charge in [0, 0.05) is 5.02 Å². The number of aryl methyl sites for hydroxylation is 2. The van der Waals surface area contributed by atoms with Gasteiger partial charge >= 0.3 is 5.97 Å². The molecule has 1 fully saturated rings. The fourth-order valence-electron chi connectivity index (χ4n) is 2.02. The Morgan fingerprint density at radius 1 is 1.33 bits per heavy atom. The Kier molecular flexibility index (Phi) is 2.27. The molecule has 0 saturated heterocycles. The van der Waals surface area contributed by atoms with Gasteiger partial charge in [0.2, 0.25) is 0 Å². The molecule has 0 spiro atoms. The summed E-state index contributed by atoms with van der Waals surface area (Å²) in [7, 11) is 0. The molecule has 0 aliphatic heterocycles. The van der Waals surface area contributed by atoms with Crippen molar-refractivity contribution in [3.63, 3.8) is 0 Å². The number of rotatable bonds is 2. The zero-order chi connectivity index (χ0) is 11.2. The lowest BCUT2D eigenvalue weighted by Gasteiger charge is -2.15. The third-order valence-electron chi connectivity index (χ3n) is 3.18. The van der Waals surface area contributed by atoms with Crippen molar-refractivity contribution in [2.75, 3.05) is 0 Å². The minimum Gasteiger partial charge on any atom is -0.481 e. The highest BCUT2D eigenvalue weighted by Gasteiger charge is 2.52. The molecule has 0 amide bonds. The molecule has 0 atom stereocenters. The summed E-state index contributed by atoms with van der Waals surface area (Å²) >= 11 is 5.99. The van der Waals surface area contributed by atoms with Crippen LogP contribution in [0.2, 0.25) is 5.02 Å². The van der Waals surface area contributed by atoms with E-state index < -0.39 is 11.4 Å². The van der Waals surface area contributed by atoms with Crippen molar-refractivity contribution in [1.29, 1.82) is 0 Å². The van der Waals surface area contributed by atoms with Crippen LogP contribution in [0.25, 0.3) is 0 Å². The molecule has 1 aromatic carbocycles. The van der Waals surface area contributed by atoms with E-state index >= 15 is 0 Å². The standard InChI is InChI=1S/C12H13ClO2/c1-7-6-10(13)8(2)5-9(7)12(3-4-12)11(14)15/h5-6H,3-4H2,1-2H3,(H,14,15). The summed E-state index contributed by atoms with van der Waals surface area (Å²) in [5.74, 6) is -0.715. The molecule has 1 N–H and O–H groups in total. The molecule has 2 nitrogen and oxygen atoms in total. The van der Waals surface area contributed by atoms with Crippen LogP contribution >= 0.6 is 11.6 Å². The molecule has 1 aromatic rings. The van der Waals surface area contributed by atoms with E-state index in [2.05, 4.69) is 0 Å². The second-order valence-corrected chi connectivity index (χ2v) is 4.71. The molecule has 0 unspecified atom stereocenters. The first-order chi connectivity index (χ1) is 6.97. The molecular weight excluding hydrogens is 212 g/mol. The minimum atomic E-state index is -0.715. The van der Waals surface area contributed by atoms with Crippen LogP contribution in [0.15, 0.2) is 12.1 Å². The number of hydrogen-bond donors (Lipinski definition) is 1. The molecule has 80 valence electrons. The zero-order valence-electron chi connectivity index (χ0n) is 8.80. The van der Waals surface area contributed by atoms with Crippen LogP contribution in [0, 0.1) is 13.8 Å². The van der Waals surface area contributed by atoms with E-state index in [1.807, 2.05) is 26.0 Å². The van der Waals surface area contributed by atoms with Gasteiger partial charge in [-0.25, -0.2) is 0 Å². The highest BCUT2D eigenvalue weighted by Crippen LogP contribution is 2.50. The average Bonchev–Trinajstić information content (AvgIpc) is 2.92. The highest BCUT2D eigenvalue weighted by molar-refractivity contribution is 6.31. The monoisotopic (exact) mass is 224 g/mol. The fraction of sp³-hybridized carbons (Fsp3) is 0.417. The third kappa shape index (κ3) is 1.53. The lowest BCUT2D eigenvalue weighted by Crippen LogP contribution is -2.20. The number of hydrogen-bond acceptors (Lipinski definition) is 1. The molecule has 3 heteroatoms. The van der Waals surface area contributed by atoms with Gasteiger partial charge in [0.15, 0.2) is 0 Å². The van der Waals surface area contributed by atoms with E-state index in [1.54, 1.807) is 0 Å². The Bertz CT molecular complexity index is 433. The third-order valence-corrected chi connectivity index (χ3v) is 3.59. The van der Waals surface area contributed by atoms with Crippen LogP contribution in [-0.2, 0) is 10.2 Å². The topological polar surface area (TPSA) is 37.3 Å². The predicted octanol–water partition coefficient (Wildman–Crippen LogP) is 3.07. The lowest BCUT2D eigenvalue weighted by atomic mass is 9.90. The Hall–Kier alpha value is -1.02. The van der Waals surface area contributed by atoms with Gasteiger partial charge in [-0.2, -0.15) is 0 Å². The maximum absolute atomic E-state index is 11.2. The first kappa shape index (κ1) is 10.5. The van der Waals surface area contributed by atoms with E-state index in [1.165, 1.54) is 0 Å². The van der Waals surface area contributed by atoms with Gasteiger partial charge in [-0.05, 0) is 49.4 Å². The van der Waals surface area contributed by atoms with Crippen LogP contribution in [-0.4, -0.2) is 11.1 Å². The first-order valence-electron chi connectivity index (χ1n) is 4.98. The van der Waals surface area contributed by atoms with Crippen molar-refractivity contribution in [3.8, 4) is 0 Å². The quantitative estimate of drug-likeness (QED) is 0.838. The van der Waals surface area contributed by atoms with Gasteiger partial charge in [0.05, 0.1) is 5.41 Å². The van der Waals surface area contributed by atoms with Crippen molar-refractivity contribution in [1.82, 2.24) is 0 Å². The summed E-state index contributed by atoms with van der Waals surface area (Å²) in [6, 6.07) is 3.77. The van der Waals surface area contributed by atoms with E-state index in [4.69, 9.17) is 11.6 Å².